The molecule has 0 aromatic rings. The highest BCUT2D eigenvalue weighted by atomic mass is 14.5. The molecule has 0 saturated carbocycles. The molecular weight excluding hydrogens is 170 g/mol. The zero-order chi connectivity index (χ0) is 12.4. The first-order valence-corrected chi connectivity index (χ1v) is 5.43. The van der Waals surface area contributed by atoms with Crippen molar-refractivity contribution in [3.05, 3.63) is 37.1 Å². The van der Waals surface area contributed by atoms with Crippen molar-refractivity contribution < 1.29 is 0 Å². The number of nitrogens with two attached hydrogens (primary N) is 1. The predicted octanol–water partition coefficient (Wildman–Crippen LogP) is 4.67. The molecule has 0 atom stereocenters. The molecule has 0 amide bonds. The lowest BCUT2D eigenvalue weighted by Gasteiger charge is -1.81. The van der Waals surface area contributed by atoms with E-state index in [4.69, 9.17) is 5.73 Å². The van der Waals surface area contributed by atoms with Gasteiger partial charge in [-0.3, -0.25) is 0 Å². The fourth-order valence-corrected chi connectivity index (χ4v) is 0.204. The van der Waals surface area contributed by atoms with Crippen LogP contribution in [-0.2, 0) is 0 Å². The summed E-state index contributed by atoms with van der Waals surface area (Å²) in [5.41, 5.74) is 5.90. The summed E-state index contributed by atoms with van der Waals surface area (Å²) < 4.78 is 0. The maximum absolute atomic E-state index is 5.26. The van der Waals surface area contributed by atoms with Gasteiger partial charge in [-0.2, -0.15) is 0 Å². The van der Waals surface area contributed by atoms with Gasteiger partial charge in [-0.15, -0.1) is 0 Å². The van der Waals surface area contributed by atoms with Crippen molar-refractivity contribution in [1.29, 1.82) is 0 Å². The summed E-state index contributed by atoms with van der Waals surface area (Å²) >= 11 is 0. The maximum Gasteiger partial charge on any atom is 0.0307 e. The fraction of sp³-hybridized carbons (Fsp3) is 0.538. The molecule has 0 aromatic heterocycles. The third kappa shape index (κ3) is 68.5. The predicted molar refractivity (Wildman–Crippen MR) is 71.3 cm³/mol. The largest absolute Gasteiger partial charge is 0.399 e. The van der Waals surface area contributed by atoms with Crippen LogP contribution in [0.2, 0.25) is 0 Å². The standard InChI is InChI=1S/C6H9N.C3H8.2C2H6/c1-3-5-6(7)4-2;1-3-2;2*1-2/h3-5H,1-2,7H2;3H2,1-2H3;2*1-2H3/b6-5+;;;. The molecule has 0 spiro atoms. The highest BCUT2D eigenvalue weighted by Crippen LogP contribution is 1.81. The summed E-state index contributed by atoms with van der Waals surface area (Å²) in [5.74, 6) is 0. The van der Waals surface area contributed by atoms with Gasteiger partial charge < -0.3 is 5.73 Å². The Bertz CT molecular complexity index is 112. The van der Waals surface area contributed by atoms with Crippen LogP contribution in [-0.4, -0.2) is 0 Å². The first-order chi connectivity index (χ1) is 6.72. The summed E-state index contributed by atoms with van der Waals surface area (Å²) in [7, 11) is 0. The minimum Gasteiger partial charge on any atom is -0.399 e. The van der Waals surface area contributed by atoms with Crippen molar-refractivity contribution in [3.8, 4) is 0 Å². The van der Waals surface area contributed by atoms with Crippen LogP contribution in [0.3, 0.4) is 0 Å². The van der Waals surface area contributed by atoms with Gasteiger partial charge in [0, 0.05) is 5.70 Å². The molecule has 0 aliphatic heterocycles. The van der Waals surface area contributed by atoms with E-state index in [9.17, 15) is 0 Å². The number of rotatable bonds is 2. The SMILES string of the molecule is C=C/C=C(/N)C=C.CC.CC.CCC. The topological polar surface area (TPSA) is 26.0 Å². The Balaban J connectivity index is -0.0000000603. The van der Waals surface area contributed by atoms with Gasteiger partial charge in [0.1, 0.15) is 0 Å². The van der Waals surface area contributed by atoms with Gasteiger partial charge in [0.2, 0.25) is 0 Å². The van der Waals surface area contributed by atoms with Crippen molar-refractivity contribution in [1.82, 2.24) is 0 Å². The van der Waals surface area contributed by atoms with E-state index in [-0.39, 0.29) is 0 Å². The Morgan fingerprint density at radius 3 is 1.43 bits per heavy atom. The second-order valence-electron chi connectivity index (χ2n) is 1.81. The van der Waals surface area contributed by atoms with E-state index in [1.807, 2.05) is 27.7 Å². The number of allylic oxidation sites excluding steroid dienone is 3. The van der Waals surface area contributed by atoms with Crippen molar-refractivity contribution >= 4 is 0 Å². The molecule has 0 heterocycles. The molecule has 1 nitrogen and oxygen atoms in total. The minimum atomic E-state index is 0.648. The van der Waals surface area contributed by atoms with Gasteiger partial charge >= 0.3 is 0 Å². The van der Waals surface area contributed by atoms with Crippen LogP contribution in [0.15, 0.2) is 37.1 Å². The molecule has 0 fully saturated rings. The number of hydrogen-bond donors (Lipinski definition) is 1. The molecule has 1 heteroatoms. The van der Waals surface area contributed by atoms with Crippen LogP contribution in [0, 0.1) is 0 Å². The van der Waals surface area contributed by atoms with Crippen LogP contribution < -0.4 is 5.73 Å². The molecule has 0 aliphatic carbocycles. The van der Waals surface area contributed by atoms with Gasteiger partial charge in [-0.05, 0) is 12.2 Å². The van der Waals surface area contributed by atoms with E-state index in [0.29, 0.717) is 5.70 Å². The molecule has 0 unspecified atom stereocenters. The van der Waals surface area contributed by atoms with Crippen LogP contribution >= 0.6 is 0 Å². The van der Waals surface area contributed by atoms with E-state index in [1.165, 1.54) is 6.42 Å². The molecule has 14 heavy (non-hydrogen) atoms. The van der Waals surface area contributed by atoms with Gasteiger partial charge in [0.05, 0.1) is 0 Å². The number of hydrogen-bond acceptors (Lipinski definition) is 1. The maximum atomic E-state index is 5.26. The lowest BCUT2D eigenvalue weighted by Crippen LogP contribution is -1.89. The third-order valence-corrected chi connectivity index (χ3v) is 0.546. The summed E-state index contributed by atoms with van der Waals surface area (Å²) in [6.45, 7) is 19.1. The molecule has 86 valence electrons. The van der Waals surface area contributed by atoms with Crippen LogP contribution in [0.1, 0.15) is 48.0 Å². The van der Waals surface area contributed by atoms with Gasteiger partial charge in [-0.1, -0.05) is 67.2 Å². The molecule has 0 bridgehead atoms. The smallest absolute Gasteiger partial charge is 0.0307 e. The average Bonchev–Trinajstić information content (AvgIpc) is 2.25. The zero-order valence-corrected chi connectivity index (χ0v) is 10.9. The average molecular weight is 199 g/mol. The van der Waals surface area contributed by atoms with Crippen LogP contribution in [0.4, 0.5) is 0 Å². The van der Waals surface area contributed by atoms with Gasteiger partial charge in [0.15, 0.2) is 0 Å². The molecule has 0 radical (unpaired) electrons. The van der Waals surface area contributed by atoms with Crippen LogP contribution in [0.25, 0.3) is 0 Å². The first kappa shape index (κ1) is 23.1. The lowest BCUT2D eigenvalue weighted by atomic mass is 10.4. The quantitative estimate of drug-likeness (QED) is 0.643. The van der Waals surface area contributed by atoms with E-state index in [2.05, 4.69) is 27.0 Å². The summed E-state index contributed by atoms with van der Waals surface area (Å²) in [6.07, 6.45) is 6.13. The highest BCUT2D eigenvalue weighted by Gasteiger charge is 1.69. The molecule has 0 aromatic carbocycles. The van der Waals surface area contributed by atoms with Crippen molar-refractivity contribution in [2.45, 2.75) is 48.0 Å². The van der Waals surface area contributed by atoms with Gasteiger partial charge in [-0.25, -0.2) is 0 Å². The Morgan fingerprint density at radius 1 is 1.07 bits per heavy atom. The van der Waals surface area contributed by atoms with Crippen LogP contribution in [0.5, 0.6) is 0 Å². The molecular formula is C13H29N. The molecule has 0 rings (SSSR count). The summed E-state index contributed by atoms with van der Waals surface area (Å²) in [6, 6.07) is 0. The van der Waals surface area contributed by atoms with Crippen molar-refractivity contribution in [2.24, 2.45) is 5.73 Å². The second kappa shape index (κ2) is 40.3. The normalized spacial score (nSPS) is 7.43. The summed E-state index contributed by atoms with van der Waals surface area (Å²) in [4.78, 5) is 0. The monoisotopic (exact) mass is 199 g/mol. The fourth-order valence-electron chi connectivity index (χ4n) is 0.204. The third-order valence-electron chi connectivity index (χ3n) is 0.546. The van der Waals surface area contributed by atoms with Gasteiger partial charge in [0.25, 0.3) is 0 Å². The Morgan fingerprint density at radius 2 is 1.36 bits per heavy atom. The minimum absolute atomic E-state index is 0.648. The highest BCUT2D eigenvalue weighted by molar-refractivity contribution is 5.16. The molecule has 0 saturated heterocycles. The molecule has 2 N–H and O–H groups in total. The van der Waals surface area contributed by atoms with E-state index >= 15 is 0 Å². The Hall–Kier alpha value is -0.980. The Kier molecular flexibility index (Phi) is 66.5. The van der Waals surface area contributed by atoms with Crippen molar-refractivity contribution in [3.63, 3.8) is 0 Å². The summed E-state index contributed by atoms with van der Waals surface area (Å²) in [5, 5.41) is 0. The van der Waals surface area contributed by atoms with E-state index < -0.39 is 0 Å². The zero-order valence-electron chi connectivity index (χ0n) is 10.9. The van der Waals surface area contributed by atoms with E-state index in [1.54, 1.807) is 18.2 Å². The van der Waals surface area contributed by atoms with Crippen molar-refractivity contribution in [2.75, 3.05) is 0 Å². The second-order valence-corrected chi connectivity index (χ2v) is 1.81. The molecule has 0 aliphatic rings. The lowest BCUT2D eigenvalue weighted by molar-refractivity contribution is 1.09. The Labute approximate surface area is 91.4 Å². The first-order valence-electron chi connectivity index (χ1n) is 5.43. The van der Waals surface area contributed by atoms with E-state index in [0.717, 1.165) is 0 Å².